The smallest absolute Gasteiger partial charge is 0.157 e. The van der Waals surface area contributed by atoms with Gasteiger partial charge in [-0.05, 0) is 143 Å². The Morgan fingerprint density at radius 1 is 0.519 bits per heavy atom. The molecule has 2 nitrogen and oxygen atoms in total. The summed E-state index contributed by atoms with van der Waals surface area (Å²) in [6.07, 6.45) is 32.5. The van der Waals surface area contributed by atoms with Crippen LogP contribution < -0.4 is 0 Å². The Labute approximate surface area is 535 Å². The van der Waals surface area contributed by atoms with Gasteiger partial charge in [0.15, 0.2) is 6.29 Å². The predicted octanol–water partition coefficient (Wildman–Crippen LogP) is 28.4. The number of halogens is 2. The molecule has 0 spiro atoms. The van der Waals surface area contributed by atoms with Crippen LogP contribution in [0.1, 0.15) is 344 Å². The maximum atomic E-state index is 5.65. The van der Waals surface area contributed by atoms with E-state index in [1.165, 1.54) is 154 Å². The summed E-state index contributed by atoms with van der Waals surface area (Å²) in [7, 11) is 0. The molecule has 0 N–H and O–H groups in total. The first-order chi connectivity index (χ1) is 37.7. The van der Waals surface area contributed by atoms with E-state index >= 15 is 0 Å². The maximum absolute atomic E-state index is 5.65. The van der Waals surface area contributed by atoms with Crippen LogP contribution in [0.2, 0.25) is 0 Å². The van der Waals surface area contributed by atoms with Gasteiger partial charge < -0.3 is 9.47 Å². The third-order valence-corrected chi connectivity index (χ3v) is 16.6. The lowest BCUT2D eigenvalue weighted by Gasteiger charge is -2.34. The van der Waals surface area contributed by atoms with Gasteiger partial charge in [0.1, 0.15) is 0 Å². The van der Waals surface area contributed by atoms with E-state index in [2.05, 4.69) is 268 Å². The van der Waals surface area contributed by atoms with Crippen LogP contribution in [0.25, 0.3) is 0 Å². The highest BCUT2D eigenvalue weighted by molar-refractivity contribution is 14.1. The molecule has 0 aromatic heterocycles. The topological polar surface area (TPSA) is 18.5 Å². The molecule has 1 fully saturated rings. The highest BCUT2D eigenvalue weighted by Gasteiger charge is 2.27. The Kier molecular flexibility index (Phi) is 64.1. The lowest BCUT2D eigenvalue weighted by molar-refractivity contribution is -0.224. The number of hydrogen-bond acceptors (Lipinski definition) is 2. The monoisotopic (exact) mass is 1310 g/mol. The van der Waals surface area contributed by atoms with Crippen molar-refractivity contribution in [3.05, 3.63) is 80.4 Å². The third-order valence-electron chi connectivity index (χ3n) is 14.9. The molecule has 1 aliphatic rings. The van der Waals surface area contributed by atoms with Crippen LogP contribution in [0.4, 0.5) is 0 Å². The highest BCUT2D eigenvalue weighted by atomic mass is 127. The molecule has 4 heteroatoms. The summed E-state index contributed by atoms with van der Waals surface area (Å²) in [6.45, 7) is 63.9. The first-order valence-corrected chi connectivity index (χ1v) is 35.9. The summed E-state index contributed by atoms with van der Waals surface area (Å²) in [5, 5.41) is 0. The SMILES string of the molecule is C=CCCCCCCCCC(C)C.CC(C)C(C)(C)C.CC(C)C(C)C.CC(C)CC(C)C.CC(C)CCCC1OCC(C)(C)CO1.CC(C)c1ccccc1Br.CC(C)c1ccccc1I.CCCCCCCCCCCC(C)C. The lowest BCUT2D eigenvalue weighted by Crippen LogP contribution is -2.37. The van der Waals surface area contributed by atoms with Crippen molar-refractivity contribution in [1.29, 1.82) is 0 Å². The van der Waals surface area contributed by atoms with Crippen LogP contribution in [-0.4, -0.2) is 19.5 Å². The Hall–Kier alpha value is -0.690. The molecule has 0 saturated carbocycles. The molecule has 0 bridgehead atoms. The molecule has 0 amide bonds. The Balaban J connectivity index is -0.000000276. The van der Waals surface area contributed by atoms with Gasteiger partial charge in [-0.1, -0.05) is 348 Å². The number of benzene rings is 2. The summed E-state index contributed by atoms with van der Waals surface area (Å²) in [5.74, 6) is 8.08. The van der Waals surface area contributed by atoms with Gasteiger partial charge in [-0.25, -0.2) is 0 Å². The second-order valence-corrected chi connectivity index (χ2v) is 31.3. The van der Waals surface area contributed by atoms with Crippen molar-refractivity contribution in [2.75, 3.05) is 13.2 Å². The van der Waals surface area contributed by atoms with E-state index in [9.17, 15) is 0 Å². The number of allylic oxidation sites excluding steroid dienone is 1. The van der Waals surface area contributed by atoms with E-state index in [4.69, 9.17) is 9.47 Å². The average molecular weight is 1310 g/mol. The molecule has 2 aromatic carbocycles. The zero-order valence-electron chi connectivity index (χ0n) is 59.8. The number of unbranched alkanes of at least 4 members (excludes halogenated alkanes) is 14. The molecule has 1 heterocycles. The third kappa shape index (κ3) is 70.0. The number of hydrogen-bond donors (Lipinski definition) is 0. The number of rotatable bonds is 28. The van der Waals surface area contributed by atoms with Crippen molar-refractivity contribution in [3.63, 3.8) is 0 Å². The van der Waals surface area contributed by atoms with E-state index < -0.39 is 0 Å². The van der Waals surface area contributed by atoms with Crippen LogP contribution >= 0.6 is 38.5 Å². The fourth-order valence-corrected chi connectivity index (χ4v) is 9.58. The molecule has 0 atom stereocenters. The van der Waals surface area contributed by atoms with Crippen molar-refractivity contribution >= 4 is 38.5 Å². The zero-order chi connectivity index (χ0) is 63.4. The average Bonchev–Trinajstić information content (AvgIpc) is 3.35. The van der Waals surface area contributed by atoms with Crippen molar-refractivity contribution in [3.8, 4) is 0 Å². The van der Waals surface area contributed by atoms with Gasteiger partial charge in [-0.15, -0.1) is 6.58 Å². The van der Waals surface area contributed by atoms with Crippen LogP contribution in [0.15, 0.2) is 65.7 Å². The minimum absolute atomic E-state index is 0.0572. The standard InChI is InChI=1S/C14H30.C13H26.C12H24O2.C9H11Br.C9H11I.2C7H16.C6H14/c1-4-5-6-7-8-9-10-11-12-13-14(2)3;1-4-5-6-7-8-9-10-11-12-13(2)3;1-10(2)6-5-7-11-13-8-12(3,4)9-14-11;2*1-7(2)8-5-3-4-6-9(8)10;1-6(2)7(3,4)5;1-6(2)5-7(3)4;1-5(2)6(3)4/h14H,4-13H2,1-3H3;4,13H,1,5-12H2,2-3H3;10-11H,5-9H2,1-4H3;2*3-7H,1-2H3;6H,1-5H3;6-7H,5H2,1-4H3;5-6H,1-4H3. The quantitative estimate of drug-likeness (QED) is 0.0480. The summed E-state index contributed by atoms with van der Waals surface area (Å²) in [6, 6.07) is 16.8. The predicted molar refractivity (Wildman–Crippen MR) is 387 cm³/mol. The minimum Gasteiger partial charge on any atom is -0.352 e. The molecule has 2 aromatic rings. The van der Waals surface area contributed by atoms with E-state index in [-0.39, 0.29) is 11.7 Å². The molecule has 81 heavy (non-hydrogen) atoms. The largest absolute Gasteiger partial charge is 0.352 e. The summed E-state index contributed by atoms with van der Waals surface area (Å²) >= 11 is 5.87. The molecule has 0 radical (unpaired) electrons. The van der Waals surface area contributed by atoms with Gasteiger partial charge in [0, 0.05) is 13.5 Å². The van der Waals surface area contributed by atoms with Gasteiger partial charge in [-0.3, -0.25) is 0 Å². The van der Waals surface area contributed by atoms with Crippen molar-refractivity contribution in [2.45, 2.75) is 339 Å². The number of ether oxygens (including phenoxy) is 2. The fraction of sp³-hybridized carbons (Fsp3) is 0.818. The highest BCUT2D eigenvalue weighted by Crippen LogP contribution is 2.27. The van der Waals surface area contributed by atoms with Crippen LogP contribution in [0, 0.1) is 61.7 Å². The fourth-order valence-electron chi connectivity index (χ4n) is 7.83. The van der Waals surface area contributed by atoms with Crippen LogP contribution in [-0.2, 0) is 9.47 Å². The molecule has 482 valence electrons. The Morgan fingerprint density at radius 2 is 0.864 bits per heavy atom. The molecule has 0 aliphatic carbocycles. The molecule has 1 saturated heterocycles. The van der Waals surface area contributed by atoms with E-state index in [0.29, 0.717) is 17.3 Å². The minimum atomic E-state index is 0.0572. The van der Waals surface area contributed by atoms with Gasteiger partial charge >= 0.3 is 0 Å². The second kappa shape index (κ2) is 58.3. The molecule has 1 aliphatic heterocycles. The van der Waals surface area contributed by atoms with E-state index in [0.717, 1.165) is 67.0 Å². The first kappa shape index (κ1) is 89.1. The van der Waals surface area contributed by atoms with Crippen molar-refractivity contribution in [2.24, 2.45) is 58.2 Å². The summed E-state index contributed by atoms with van der Waals surface area (Å²) < 4.78 is 13.9. The Bertz CT molecular complexity index is 1510. The van der Waals surface area contributed by atoms with Gasteiger partial charge in [0.2, 0.25) is 0 Å². The van der Waals surface area contributed by atoms with Crippen LogP contribution in [0.5, 0.6) is 0 Å². The second-order valence-electron chi connectivity index (χ2n) is 29.3. The van der Waals surface area contributed by atoms with Crippen molar-refractivity contribution < 1.29 is 9.47 Å². The molecular weight excluding hydrogens is 1160 g/mol. The van der Waals surface area contributed by atoms with E-state index in [1.807, 2.05) is 12.1 Å². The summed E-state index contributed by atoms with van der Waals surface area (Å²) in [4.78, 5) is 0. The molecular formula is C77H148BrIO2. The Morgan fingerprint density at radius 3 is 1.15 bits per heavy atom. The molecule has 3 rings (SSSR count). The van der Waals surface area contributed by atoms with Gasteiger partial charge in [0.25, 0.3) is 0 Å². The zero-order valence-corrected chi connectivity index (χ0v) is 63.5. The maximum Gasteiger partial charge on any atom is 0.157 e. The van der Waals surface area contributed by atoms with E-state index in [1.54, 1.807) is 0 Å². The normalized spacial score (nSPS) is 13.1. The summed E-state index contributed by atoms with van der Waals surface area (Å²) in [5.41, 5.74) is 3.53. The van der Waals surface area contributed by atoms with Gasteiger partial charge in [-0.2, -0.15) is 0 Å². The first-order valence-electron chi connectivity index (χ1n) is 34.0. The van der Waals surface area contributed by atoms with Crippen molar-refractivity contribution in [1.82, 2.24) is 0 Å². The lowest BCUT2D eigenvalue weighted by atomic mass is 9.84. The van der Waals surface area contributed by atoms with Crippen LogP contribution in [0.3, 0.4) is 0 Å². The van der Waals surface area contributed by atoms with Gasteiger partial charge in [0.05, 0.1) is 13.2 Å². The molecule has 0 unspecified atom stereocenters.